The second-order valence-corrected chi connectivity index (χ2v) is 4.01. The molecule has 0 radical (unpaired) electrons. The standard InChI is InChI=1S/C14H12N4/c15-12-7-4-8-13(9-12)18-10-14(16-17-18)11-5-2-1-3-6-11/h1-10H,15H2. The van der Waals surface area contributed by atoms with Crippen LogP contribution in [-0.4, -0.2) is 15.0 Å². The van der Waals surface area contributed by atoms with Crippen LogP contribution in [0.2, 0.25) is 0 Å². The van der Waals surface area contributed by atoms with E-state index in [0.29, 0.717) is 5.69 Å². The molecule has 0 saturated heterocycles. The molecule has 3 rings (SSSR count). The number of anilines is 1. The fraction of sp³-hybridized carbons (Fsp3) is 0. The number of nitrogen functional groups attached to an aromatic ring is 1. The summed E-state index contributed by atoms with van der Waals surface area (Å²) < 4.78 is 1.72. The molecule has 0 unspecified atom stereocenters. The van der Waals surface area contributed by atoms with E-state index >= 15 is 0 Å². The Labute approximate surface area is 105 Å². The molecular weight excluding hydrogens is 224 g/mol. The molecule has 4 heteroatoms. The number of aromatic nitrogens is 3. The largest absolute Gasteiger partial charge is 0.399 e. The first-order chi connectivity index (χ1) is 8.83. The van der Waals surface area contributed by atoms with Crippen LogP contribution in [0.5, 0.6) is 0 Å². The molecule has 0 aliphatic carbocycles. The van der Waals surface area contributed by atoms with Crippen LogP contribution >= 0.6 is 0 Å². The summed E-state index contributed by atoms with van der Waals surface area (Å²) in [7, 11) is 0. The number of nitrogens with zero attached hydrogens (tertiary/aromatic N) is 3. The summed E-state index contributed by atoms with van der Waals surface area (Å²) in [5, 5.41) is 8.28. The smallest absolute Gasteiger partial charge is 0.113 e. The van der Waals surface area contributed by atoms with Gasteiger partial charge in [-0.2, -0.15) is 0 Å². The lowest BCUT2D eigenvalue weighted by Crippen LogP contribution is -1.95. The molecule has 0 atom stereocenters. The van der Waals surface area contributed by atoms with Gasteiger partial charge >= 0.3 is 0 Å². The Kier molecular flexibility index (Phi) is 2.53. The van der Waals surface area contributed by atoms with Gasteiger partial charge in [-0.25, -0.2) is 4.68 Å². The van der Waals surface area contributed by atoms with Crippen LogP contribution in [0, 0.1) is 0 Å². The predicted octanol–water partition coefficient (Wildman–Crippen LogP) is 2.52. The topological polar surface area (TPSA) is 56.7 Å². The zero-order valence-electron chi connectivity index (χ0n) is 9.69. The molecule has 2 N–H and O–H groups in total. The van der Waals surface area contributed by atoms with Gasteiger partial charge in [-0.15, -0.1) is 5.10 Å². The van der Waals surface area contributed by atoms with Crippen molar-refractivity contribution in [2.45, 2.75) is 0 Å². The second kappa shape index (κ2) is 4.33. The third-order valence-corrected chi connectivity index (χ3v) is 2.70. The van der Waals surface area contributed by atoms with Crippen molar-refractivity contribution in [1.29, 1.82) is 0 Å². The van der Waals surface area contributed by atoms with Crippen LogP contribution in [0.15, 0.2) is 60.8 Å². The maximum atomic E-state index is 5.75. The fourth-order valence-electron chi connectivity index (χ4n) is 1.80. The molecule has 1 aromatic heterocycles. The zero-order valence-corrected chi connectivity index (χ0v) is 9.69. The minimum Gasteiger partial charge on any atom is -0.399 e. The normalized spacial score (nSPS) is 10.4. The molecule has 0 fully saturated rings. The Balaban J connectivity index is 2.00. The van der Waals surface area contributed by atoms with Gasteiger partial charge < -0.3 is 5.73 Å². The van der Waals surface area contributed by atoms with Gasteiger partial charge in [0.1, 0.15) is 5.69 Å². The summed E-state index contributed by atoms with van der Waals surface area (Å²) >= 11 is 0. The molecule has 0 aliphatic rings. The van der Waals surface area contributed by atoms with Crippen LogP contribution in [0.25, 0.3) is 16.9 Å². The Morgan fingerprint density at radius 2 is 1.78 bits per heavy atom. The molecular formula is C14H12N4. The van der Waals surface area contributed by atoms with Crippen LogP contribution in [0.1, 0.15) is 0 Å². The first-order valence-corrected chi connectivity index (χ1v) is 5.66. The molecule has 18 heavy (non-hydrogen) atoms. The van der Waals surface area contributed by atoms with Gasteiger partial charge in [0.25, 0.3) is 0 Å². The van der Waals surface area contributed by atoms with Gasteiger partial charge in [-0.05, 0) is 18.2 Å². The zero-order chi connectivity index (χ0) is 12.4. The highest BCUT2D eigenvalue weighted by molar-refractivity contribution is 5.58. The van der Waals surface area contributed by atoms with Gasteiger partial charge in [0.15, 0.2) is 0 Å². The third kappa shape index (κ3) is 1.96. The van der Waals surface area contributed by atoms with E-state index in [-0.39, 0.29) is 0 Å². The van der Waals surface area contributed by atoms with E-state index in [1.54, 1.807) is 4.68 Å². The molecule has 0 bridgehead atoms. The Hall–Kier alpha value is -2.62. The molecule has 2 aromatic carbocycles. The number of rotatable bonds is 2. The highest BCUT2D eigenvalue weighted by atomic mass is 15.4. The summed E-state index contributed by atoms with van der Waals surface area (Å²) in [5.41, 5.74) is 9.27. The van der Waals surface area contributed by atoms with Crippen LogP contribution in [0.4, 0.5) is 5.69 Å². The van der Waals surface area contributed by atoms with Crippen molar-refractivity contribution in [3.63, 3.8) is 0 Å². The van der Waals surface area contributed by atoms with Gasteiger partial charge in [0, 0.05) is 11.3 Å². The molecule has 0 spiro atoms. The summed E-state index contributed by atoms with van der Waals surface area (Å²) in [6, 6.07) is 17.5. The summed E-state index contributed by atoms with van der Waals surface area (Å²) in [6.45, 7) is 0. The number of hydrogen-bond acceptors (Lipinski definition) is 3. The number of hydrogen-bond donors (Lipinski definition) is 1. The van der Waals surface area contributed by atoms with Crippen molar-refractivity contribution in [1.82, 2.24) is 15.0 Å². The van der Waals surface area contributed by atoms with E-state index in [2.05, 4.69) is 10.3 Å². The minimum absolute atomic E-state index is 0.712. The lowest BCUT2D eigenvalue weighted by atomic mass is 10.2. The van der Waals surface area contributed by atoms with E-state index < -0.39 is 0 Å². The second-order valence-electron chi connectivity index (χ2n) is 4.01. The predicted molar refractivity (Wildman–Crippen MR) is 71.2 cm³/mol. The molecule has 3 aromatic rings. The van der Waals surface area contributed by atoms with Gasteiger partial charge in [-0.1, -0.05) is 41.6 Å². The summed E-state index contributed by atoms with van der Waals surface area (Å²) in [6.07, 6.45) is 1.89. The number of benzene rings is 2. The quantitative estimate of drug-likeness (QED) is 0.695. The Bertz CT molecular complexity index is 658. The Morgan fingerprint density at radius 3 is 2.56 bits per heavy atom. The molecule has 1 heterocycles. The highest BCUT2D eigenvalue weighted by Crippen LogP contribution is 2.17. The molecule has 4 nitrogen and oxygen atoms in total. The van der Waals surface area contributed by atoms with E-state index in [4.69, 9.17) is 5.73 Å². The first kappa shape index (κ1) is 10.5. The fourth-order valence-corrected chi connectivity index (χ4v) is 1.80. The number of nitrogens with two attached hydrogens (primary N) is 1. The SMILES string of the molecule is Nc1cccc(-n2cc(-c3ccccc3)nn2)c1. The lowest BCUT2D eigenvalue weighted by Gasteiger charge is -2.00. The maximum absolute atomic E-state index is 5.75. The van der Waals surface area contributed by atoms with E-state index in [9.17, 15) is 0 Å². The van der Waals surface area contributed by atoms with Crippen molar-refractivity contribution in [3.05, 3.63) is 60.8 Å². The van der Waals surface area contributed by atoms with Crippen molar-refractivity contribution >= 4 is 5.69 Å². The van der Waals surface area contributed by atoms with Crippen LogP contribution in [0.3, 0.4) is 0 Å². The van der Waals surface area contributed by atoms with Gasteiger partial charge in [-0.3, -0.25) is 0 Å². The summed E-state index contributed by atoms with van der Waals surface area (Å²) in [5.74, 6) is 0. The molecule has 88 valence electrons. The van der Waals surface area contributed by atoms with Gasteiger partial charge in [0.2, 0.25) is 0 Å². The van der Waals surface area contributed by atoms with Gasteiger partial charge in [0.05, 0.1) is 11.9 Å². The van der Waals surface area contributed by atoms with Crippen molar-refractivity contribution in [2.75, 3.05) is 5.73 Å². The Morgan fingerprint density at radius 1 is 0.944 bits per heavy atom. The minimum atomic E-state index is 0.712. The van der Waals surface area contributed by atoms with E-state index in [1.165, 1.54) is 0 Å². The first-order valence-electron chi connectivity index (χ1n) is 5.66. The molecule has 0 aliphatic heterocycles. The average Bonchev–Trinajstić information content (AvgIpc) is 2.89. The molecule has 0 amide bonds. The van der Waals surface area contributed by atoms with E-state index in [1.807, 2.05) is 60.8 Å². The third-order valence-electron chi connectivity index (χ3n) is 2.70. The molecule has 0 saturated carbocycles. The van der Waals surface area contributed by atoms with E-state index in [0.717, 1.165) is 16.9 Å². The van der Waals surface area contributed by atoms with Crippen LogP contribution in [-0.2, 0) is 0 Å². The maximum Gasteiger partial charge on any atom is 0.113 e. The monoisotopic (exact) mass is 236 g/mol. The highest BCUT2D eigenvalue weighted by Gasteiger charge is 2.04. The van der Waals surface area contributed by atoms with Crippen molar-refractivity contribution in [3.8, 4) is 16.9 Å². The average molecular weight is 236 g/mol. The lowest BCUT2D eigenvalue weighted by molar-refractivity contribution is 0.804. The van der Waals surface area contributed by atoms with Crippen LogP contribution < -0.4 is 5.73 Å². The van der Waals surface area contributed by atoms with Crippen molar-refractivity contribution < 1.29 is 0 Å². The van der Waals surface area contributed by atoms with Crippen molar-refractivity contribution in [2.24, 2.45) is 0 Å². The summed E-state index contributed by atoms with van der Waals surface area (Å²) in [4.78, 5) is 0.